The van der Waals surface area contributed by atoms with Gasteiger partial charge in [-0.05, 0) is 59.9 Å². The molecule has 0 saturated carbocycles. The van der Waals surface area contributed by atoms with Crippen LogP contribution in [0.15, 0.2) is 48.5 Å². The van der Waals surface area contributed by atoms with Gasteiger partial charge >= 0.3 is 6.18 Å². The molecular formula is C29H32F3N5O. The minimum atomic E-state index is -4.70. The number of aromatic nitrogens is 1. The van der Waals surface area contributed by atoms with Crippen molar-refractivity contribution in [2.75, 3.05) is 48.4 Å². The maximum atomic E-state index is 14.1. The molecular weight excluding hydrogens is 491 g/mol. The van der Waals surface area contributed by atoms with Crippen molar-refractivity contribution in [3.63, 3.8) is 0 Å². The second-order valence-electron chi connectivity index (χ2n) is 10.4. The molecule has 0 amide bonds. The van der Waals surface area contributed by atoms with E-state index < -0.39 is 17.3 Å². The number of anilines is 4. The number of pyridine rings is 1. The van der Waals surface area contributed by atoms with Gasteiger partial charge < -0.3 is 19.9 Å². The third-order valence-corrected chi connectivity index (χ3v) is 6.82. The number of piperazine rings is 1. The van der Waals surface area contributed by atoms with E-state index >= 15 is 0 Å². The standard InChI is InChI=1S/C29H32F3N5O/c1-19-6-7-20(28(2,3)4)16-25(19)34-27-23(18-33)24(29(30,31)32)17-26(35-27)37-14-12-36(13-15-37)21-8-10-22(38-5)11-9-21/h6-11,16-17H,12-15H2,1-5H3,(H,34,35). The molecule has 6 nitrogen and oxygen atoms in total. The Morgan fingerprint density at radius 2 is 1.58 bits per heavy atom. The summed E-state index contributed by atoms with van der Waals surface area (Å²) in [4.78, 5) is 8.55. The minimum Gasteiger partial charge on any atom is -0.497 e. The lowest BCUT2D eigenvalue weighted by molar-refractivity contribution is -0.137. The summed E-state index contributed by atoms with van der Waals surface area (Å²) in [6.07, 6.45) is -4.70. The van der Waals surface area contributed by atoms with Gasteiger partial charge in [0.15, 0.2) is 5.82 Å². The molecule has 0 spiro atoms. The molecule has 2 heterocycles. The minimum absolute atomic E-state index is 0.0935. The summed E-state index contributed by atoms with van der Waals surface area (Å²) in [5.74, 6) is 0.860. The number of nitriles is 1. The lowest BCUT2D eigenvalue weighted by Crippen LogP contribution is -2.47. The van der Waals surface area contributed by atoms with Crippen LogP contribution in [0, 0.1) is 18.3 Å². The normalized spacial score (nSPS) is 14.3. The molecule has 1 saturated heterocycles. The molecule has 38 heavy (non-hydrogen) atoms. The first-order valence-electron chi connectivity index (χ1n) is 12.4. The van der Waals surface area contributed by atoms with E-state index in [0.717, 1.165) is 28.6 Å². The smallest absolute Gasteiger partial charge is 0.417 e. The molecule has 0 radical (unpaired) electrons. The highest BCUT2D eigenvalue weighted by Gasteiger charge is 2.37. The van der Waals surface area contributed by atoms with E-state index in [-0.39, 0.29) is 17.1 Å². The van der Waals surface area contributed by atoms with Crippen molar-refractivity contribution in [3.05, 3.63) is 70.8 Å². The SMILES string of the molecule is COc1ccc(N2CCN(c3cc(C(F)(F)F)c(C#N)c(Nc4cc(C(C)(C)C)ccc4C)n3)CC2)cc1. The fourth-order valence-electron chi connectivity index (χ4n) is 4.46. The Morgan fingerprint density at radius 3 is 2.13 bits per heavy atom. The van der Waals surface area contributed by atoms with E-state index in [1.807, 2.05) is 54.3 Å². The van der Waals surface area contributed by atoms with E-state index in [0.29, 0.717) is 31.9 Å². The van der Waals surface area contributed by atoms with E-state index in [1.165, 1.54) is 0 Å². The number of halogens is 3. The zero-order chi connectivity index (χ0) is 27.7. The first-order valence-corrected chi connectivity index (χ1v) is 12.4. The van der Waals surface area contributed by atoms with Gasteiger partial charge in [-0.3, -0.25) is 0 Å². The molecule has 1 aliphatic heterocycles. The molecule has 9 heteroatoms. The summed E-state index contributed by atoms with van der Waals surface area (Å²) in [6, 6.07) is 16.3. The molecule has 0 bridgehead atoms. The highest BCUT2D eigenvalue weighted by atomic mass is 19.4. The topological polar surface area (TPSA) is 64.4 Å². The van der Waals surface area contributed by atoms with Crippen LogP contribution >= 0.6 is 0 Å². The number of hydrogen-bond donors (Lipinski definition) is 1. The van der Waals surface area contributed by atoms with Gasteiger partial charge in [0, 0.05) is 37.6 Å². The number of benzene rings is 2. The number of ether oxygens (including phenoxy) is 1. The molecule has 0 unspecified atom stereocenters. The Bertz CT molecular complexity index is 1330. The first-order chi connectivity index (χ1) is 17.9. The van der Waals surface area contributed by atoms with Crippen LogP contribution in [0.4, 0.5) is 36.2 Å². The van der Waals surface area contributed by atoms with Crippen molar-refractivity contribution in [1.29, 1.82) is 5.26 Å². The van der Waals surface area contributed by atoms with Crippen molar-refractivity contribution in [2.45, 2.75) is 39.3 Å². The van der Waals surface area contributed by atoms with Crippen LogP contribution in [0.1, 0.15) is 43.0 Å². The van der Waals surface area contributed by atoms with Crippen molar-refractivity contribution in [1.82, 2.24) is 4.98 Å². The fourth-order valence-corrected chi connectivity index (χ4v) is 4.46. The van der Waals surface area contributed by atoms with E-state index in [1.54, 1.807) is 13.2 Å². The maximum absolute atomic E-state index is 14.1. The van der Waals surface area contributed by atoms with Gasteiger partial charge in [0.05, 0.1) is 12.7 Å². The summed E-state index contributed by atoms with van der Waals surface area (Å²) in [5, 5.41) is 12.8. The zero-order valence-corrected chi connectivity index (χ0v) is 22.3. The number of methoxy groups -OCH3 is 1. The summed E-state index contributed by atoms with van der Waals surface area (Å²) in [5.41, 5.74) is 1.84. The van der Waals surface area contributed by atoms with Gasteiger partial charge in [0.2, 0.25) is 0 Å². The Hall–Kier alpha value is -3.93. The van der Waals surface area contributed by atoms with E-state index in [9.17, 15) is 18.4 Å². The monoisotopic (exact) mass is 523 g/mol. The van der Waals surface area contributed by atoms with Crippen molar-refractivity contribution in [2.24, 2.45) is 0 Å². The van der Waals surface area contributed by atoms with Gasteiger partial charge in [-0.1, -0.05) is 32.9 Å². The molecule has 1 fully saturated rings. The number of rotatable bonds is 5. The Morgan fingerprint density at radius 1 is 0.947 bits per heavy atom. The fraction of sp³-hybridized carbons (Fsp3) is 0.379. The second kappa shape index (κ2) is 10.4. The third kappa shape index (κ3) is 5.80. The molecule has 1 aliphatic rings. The largest absolute Gasteiger partial charge is 0.497 e. The zero-order valence-electron chi connectivity index (χ0n) is 22.3. The van der Waals surface area contributed by atoms with Gasteiger partial charge in [0.1, 0.15) is 23.2 Å². The van der Waals surface area contributed by atoms with Crippen LogP contribution in [-0.2, 0) is 11.6 Å². The van der Waals surface area contributed by atoms with Crippen molar-refractivity contribution in [3.8, 4) is 11.8 Å². The van der Waals surface area contributed by atoms with Crippen LogP contribution in [-0.4, -0.2) is 38.3 Å². The Labute approximate surface area is 221 Å². The predicted molar refractivity (Wildman–Crippen MR) is 145 cm³/mol. The van der Waals surface area contributed by atoms with Crippen LogP contribution in [0.3, 0.4) is 0 Å². The first kappa shape index (κ1) is 27.1. The maximum Gasteiger partial charge on any atom is 0.417 e. The van der Waals surface area contributed by atoms with Crippen LogP contribution < -0.4 is 19.9 Å². The molecule has 3 aromatic rings. The summed E-state index contributed by atoms with van der Waals surface area (Å²) < 4.78 is 47.5. The van der Waals surface area contributed by atoms with Gasteiger partial charge in [-0.25, -0.2) is 4.98 Å². The number of nitrogens with zero attached hydrogens (tertiary/aromatic N) is 4. The van der Waals surface area contributed by atoms with E-state index in [4.69, 9.17) is 4.74 Å². The van der Waals surface area contributed by atoms with Gasteiger partial charge in [0.25, 0.3) is 0 Å². The van der Waals surface area contributed by atoms with E-state index in [2.05, 4.69) is 36.0 Å². The van der Waals surface area contributed by atoms with Gasteiger partial charge in [-0.2, -0.15) is 18.4 Å². The summed E-state index contributed by atoms with van der Waals surface area (Å²) in [7, 11) is 1.61. The molecule has 2 aromatic carbocycles. The summed E-state index contributed by atoms with van der Waals surface area (Å²) >= 11 is 0. The quantitative estimate of drug-likeness (QED) is 0.404. The highest BCUT2D eigenvalue weighted by molar-refractivity contribution is 5.70. The molecule has 200 valence electrons. The van der Waals surface area contributed by atoms with Crippen LogP contribution in [0.2, 0.25) is 0 Å². The van der Waals surface area contributed by atoms with Gasteiger partial charge in [-0.15, -0.1) is 0 Å². The average molecular weight is 524 g/mol. The average Bonchev–Trinajstić information content (AvgIpc) is 2.88. The lowest BCUT2D eigenvalue weighted by Gasteiger charge is -2.37. The Kier molecular flexibility index (Phi) is 7.45. The Balaban J connectivity index is 1.66. The summed E-state index contributed by atoms with van der Waals surface area (Å²) in [6.45, 7) is 10.3. The highest BCUT2D eigenvalue weighted by Crippen LogP contribution is 2.38. The molecule has 4 rings (SSSR count). The predicted octanol–water partition coefficient (Wildman–Crippen LogP) is 6.66. The van der Waals surface area contributed by atoms with Crippen LogP contribution in [0.25, 0.3) is 0 Å². The van der Waals surface area contributed by atoms with Crippen molar-refractivity contribution >= 4 is 23.0 Å². The number of nitrogens with one attached hydrogen (secondary N) is 1. The number of hydrogen-bond acceptors (Lipinski definition) is 6. The van der Waals surface area contributed by atoms with Crippen molar-refractivity contribution < 1.29 is 17.9 Å². The molecule has 0 aliphatic carbocycles. The van der Waals surface area contributed by atoms with Crippen LogP contribution in [0.5, 0.6) is 5.75 Å². The third-order valence-electron chi connectivity index (χ3n) is 6.82. The number of aryl methyl sites for hydroxylation is 1. The molecule has 1 N–H and O–H groups in total. The lowest BCUT2D eigenvalue weighted by atomic mass is 9.86. The number of alkyl halides is 3. The second-order valence-corrected chi connectivity index (χ2v) is 10.4. The molecule has 0 atom stereocenters. The molecule has 1 aromatic heterocycles.